The zero-order valence-corrected chi connectivity index (χ0v) is 12.7. The minimum Gasteiger partial charge on any atom is -0.335 e. The molecule has 112 valence electrons. The number of rotatable bonds is 4. The molecule has 1 unspecified atom stereocenters. The first kappa shape index (κ1) is 15.5. The predicted octanol–water partition coefficient (Wildman–Crippen LogP) is 1.80. The first-order valence-corrected chi connectivity index (χ1v) is 7.49. The summed E-state index contributed by atoms with van der Waals surface area (Å²) in [6.45, 7) is 6.85. The lowest BCUT2D eigenvalue weighted by molar-refractivity contribution is 0.0655. The molecule has 1 atom stereocenters. The average Bonchev–Trinajstić information content (AvgIpc) is 2.53. The second-order valence-electron chi connectivity index (χ2n) is 5.81. The Bertz CT molecular complexity index is 512. The van der Waals surface area contributed by atoms with Crippen LogP contribution in [0.2, 0.25) is 0 Å². The molecular weight excluding hydrogens is 264 g/mol. The van der Waals surface area contributed by atoms with E-state index in [0.717, 1.165) is 26.1 Å². The zero-order chi connectivity index (χ0) is 15.2. The third-order valence-electron chi connectivity index (χ3n) is 3.85. The molecule has 0 bridgehead atoms. The molecule has 5 heteroatoms. The number of nitriles is 1. The van der Waals surface area contributed by atoms with Crippen LogP contribution in [0, 0.1) is 17.2 Å². The van der Waals surface area contributed by atoms with Gasteiger partial charge in [0.15, 0.2) is 0 Å². The van der Waals surface area contributed by atoms with E-state index < -0.39 is 0 Å². The molecule has 1 aliphatic rings. The number of nitrogens with one attached hydrogen (secondary N) is 1. The van der Waals surface area contributed by atoms with Crippen LogP contribution in [-0.2, 0) is 0 Å². The highest BCUT2D eigenvalue weighted by Crippen LogP contribution is 2.15. The molecule has 0 spiro atoms. The second-order valence-corrected chi connectivity index (χ2v) is 5.81. The van der Waals surface area contributed by atoms with E-state index in [9.17, 15) is 4.79 Å². The SMILES string of the molecule is CC(C)N(CC1CCCNC1)C(=O)c1ccc(C#N)cn1. The summed E-state index contributed by atoms with van der Waals surface area (Å²) in [6, 6.07) is 5.43. The largest absolute Gasteiger partial charge is 0.335 e. The van der Waals surface area contributed by atoms with Crippen molar-refractivity contribution in [3.8, 4) is 6.07 Å². The van der Waals surface area contributed by atoms with E-state index in [0.29, 0.717) is 17.2 Å². The summed E-state index contributed by atoms with van der Waals surface area (Å²) >= 11 is 0. The molecule has 2 heterocycles. The highest BCUT2D eigenvalue weighted by molar-refractivity contribution is 5.92. The van der Waals surface area contributed by atoms with Crippen molar-refractivity contribution in [2.45, 2.75) is 32.7 Å². The molecule has 0 aromatic carbocycles. The lowest BCUT2D eigenvalue weighted by Gasteiger charge is -2.32. The normalized spacial score (nSPS) is 18.3. The molecule has 0 saturated carbocycles. The van der Waals surface area contributed by atoms with Crippen molar-refractivity contribution in [3.63, 3.8) is 0 Å². The van der Waals surface area contributed by atoms with Crippen LogP contribution in [-0.4, -0.2) is 41.5 Å². The Morgan fingerprint density at radius 3 is 2.90 bits per heavy atom. The van der Waals surface area contributed by atoms with Gasteiger partial charge in [-0.15, -0.1) is 0 Å². The van der Waals surface area contributed by atoms with Gasteiger partial charge in [0.2, 0.25) is 0 Å². The topological polar surface area (TPSA) is 69.0 Å². The average molecular weight is 286 g/mol. The number of piperidine rings is 1. The summed E-state index contributed by atoms with van der Waals surface area (Å²) in [5.74, 6) is 0.448. The van der Waals surface area contributed by atoms with Crippen LogP contribution < -0.4 is 5.32 Å². The molecule has 1 aliphatic heterocycles. The molecule has 0 aliphatic carbocycles. The van der Waals surface area contributed by atoms with Crippen molar-refractivity contribution in [3.05, 3.63) is 29.6 Å². The van der Waals surface area contributed by atoms with Crippen LogP contribution in [0.15, 0.2) is 18.3 Å². The molecular formula is C16H22N4O. The quantitative estimate of drug-likeness (QED) is 0.916. The molecule has 1 saturated heterocycles. The minimum atomic E-state index is -0.0555. The Balaban J connectivity index is 2.08. The first-order valence-electron chi connectivity index (χ1n) is 7.49. The van der Waals surface area contributed by atoms with E-state index >= 15 is 0 Å². The molecule has 1 N–H and O–H groups in total. The molecule has 21 heavy (non-hydrogen) atoms. The van der Waals surface area contributed by atoms with Gasteiger partial charge in [-0.25, -0.2) is 4.98 Å². The van der Waals surface area contributed by atoms with E-state index in [1.807, 2.05) is 24.8 Å². The Kier molecular flexibility index (Phi) is 5.29. The number of pyridine rings is 1. The molecule has 1 fully saturated rings. The lowest BCUT2D eigenvalue weighted by atomic mass is 9.98. The van der Waals surface area contributed by atoms with Gasteiger partial charge in [0, 0.05) is 18.8 Å². The maximum Gasteiger partial charge on any atom is 0.272 e. The monoisotopic (exact) mass is 286 g/mol. The van der Waals surface area contributed by atoms with Gasteiger partial charge in [-0.05, 0) is 57.8 Å². The van der Waals surface area contributed by atoms with Crippen molar-refractivity contribution in [2.75, 3.05) is 19.6 Å². The van der Waals surface area contributed by atoms with Gasteiger partial charge in [-0.2, -0.15) is 5.26 Å². The van der Waals surface area contributed by atoms with E-state index in [1.165, 1.54) is 12.6 Å². The van der Waals surface area contributed by atoms with Gasteiger partial charge in [-0.1, -0.05) is 0 Å². The highest BCUT2D eigenvalue weighted by atomic mass is 16.2. The molecule has 1 aromatic rings. The number of carbonyl (C=O) groups excluding carboxylic acids is 1. The van der Waals surface area contributed by atoms with E-state index in [-0.39, 0.29) is 11.9 Å². The maximum atomic E-state index is 12.6. The van der Waals surface area contributed by atoms with Crippen molar-refractivity contribution in [1.29, 1.82) is 5.26 Å². The van der Waals surface area contributed by atoms with Gasteiger partial charge >= 0.3 is 0 Å². The lowest BCUT2D eigenvalue weighted by Crippen LogP contribution is -2.44. The van der Waals surface area contributed by atoms with Crippen LogP contribution in [0.3, 0.4) is 0 Å². The summed E-state index contributed by atoms with van der Waals surface area (Å²) in [5.41, 5.74) is 0.880. The van der Waals surface area contributed by atoms with E-state index in [4.69, 9.17) is 5.26 Å². The van der Waals surface area contributed by atoms with Crippen molar-refractivity contribution < 1.29 is 4.79 Å². The summed E-state index contributed by atoms with van der Waals surface area (Å²) in [4.78, 5) is 18.6. The number of nitrogens with zero attached hydrogens (tertiary/aromatic N) is 3. The molecule has 5 nitrogen and oxygen atoms in total. The number of hydrogen-bond donors (Lipinski definition) is 1. The van der Waals surface area contributed by atoms with Crippen LogP contribution in [0.5, 0.6) is 0 Å². The summed E-state index contributed by atoms with van der Waals surface area (Å²) < 4.78 is 0. The number of carbonyl (C=O) groups is 1. The smallest absolute Gasteiger partial charge is 0.272 e. The van der Waals surface area contributed by atoms with Crippen LogP contribution >= 0.6 is 0 Å². The Hall–Kier alpha value is -1.93. The number of aromatic nitrogens is 1. The first-order chi connectivity index (χ1) is 10.1. The van der Waals surface area contributed by atoms with Gasteiger partial charge in [-0.3, -0.25) is 4.79 Å². The number of amides is 1. The van der Waals surface area contributed by atoms with Crippen molar-refractivity contribution >= 4 is 5.91 Å². The fourth-order valence-corrected chi connectivity index (χ4v) is 2.62. The fourth-order valence-electron chi connectivity index (χ4n) is 2.62. The van der Waals surface area contributed by atoms with Gasteiger partial charge in [0.25, 0.3) is 5.91 Å². The molecule has 1 amide bonds. The van der Waals surface area contributed by atoms with E-state index in [1.54, 1.807) is 12.1 Å². The highest BCUT2D eigenvalue weighted by Gasteiger charge is 2.24. The van der Waals surface area contributed by atoms with Crippen LogP contribution in [0.25, 0.3) is 0 Å². The third kappa shape index (κ3) is 4.02. The fraction of sp³-hybridized carbons (Fsp3) is 0.562. The van der Waals surface area contributed by atoms with Gasteiger partial charge in [0.1, 0.15) is 11.8 Å². The van der Waals surface area contributed by atoms with Crippen LogP contribution in [0.4, 0.5) is 0 Å². The van der Waals surface area contributed by atoms with Crippen molar-refractivity contribution in [2.24, 2.45) is 5.92 Å². The van der Waals surface area contributed by atoms with Crippen molar-refractivity contribution in [1.82, 2.24) is 15.2 Å². The standard InChI is InChI=1S/C16H22N4O/c1-12(2)20(11-14-4-3-7-18-9-14)16(21)15-6-5-13(8-17)10-19-15/h5-6,10,12,14,18H,3-4,7,9,11H2,1-2H3. The number of hydrogen-bond acceptors (Lipinski definition) is 4. The second kappa shape index (κ2) is 7.19. The summed E-state index contributed by atoms with van der Waals surface area (Å²) in [7, 11) is 0. The third-order valence-corrected chi connectivity index (χ3v) is 3.85. The Morgan fingerprint density at radius 2 is 2.38 bits per heavy atom. The maximum absolute atomic E-state index is 12.6. The van der Waals surface area contributed by atoms with Gasteiger partial charge in [0.05, 0.1) is 5.56 Å². The minimum absolute atomic E-state index is 0.0555. The Labute approximate surface area is 126 Å². The summed E-state index contributed by atoms with van der Waals surface area (Å²) in [6.07, 6.45) is 3.78. The van der Waals surface area contributed by atoms with E-state index in [2.05, 4.69) is 10.3 Å². The predicted molar refractivity (Wildman–Crippen MR) is 80.7 cm³/mol. The zero-order valence-electron chi connectivity index (χ0n) is 12.7. The van der Waals surface area contributed by atoms with Gasteiger partial charge < -0.3 is 10.2 Å². The molecule has 0 radical (unpaired) electrons. The van der Waals surface area contributed by atoms with Crippen LogP contribution in [0.1, 0.15) is 42.7 Å². The molecule has 1 aromatic heterocycles. The molecule has 2 rings (SSSR count). The Morgan fingerprint density at radius 1 is 1.57 bits per heavy atom. The summed E-state index contributed by atoms with van der Waals surface area (Å²) in [5, 5.41) is 12.2.